The zero-order valence-electron chi connectivity index (χ0n) is 9.20. The molecule has 86 valence electrons. The molecule has 5 heteroatoms. The van der Waals surface area contributed by atoms with E-state index in [4.69, 9.17) is 5.53 Å². The largest absolute Gasteiger partial charge is 0.361 e. The predicted octanol–water partition coefficient (Wildman–Crippen LogP) is 2.64. The topological polar surface area (TPSA) is 79.5 Å². The van der Waals surface area contributed by atoms with Gasteiger partial charge in [-0.25, -0.2) is 0 Å². The molecule has 0 spiro atoms. The first-order valence-corrected chi connectivity index (χ1v) is 5.33. The lowest BCUT2D eigenvalue weighted by molar-refractivity contribution is -0.384. The van der Waals surface area contributed by atoms with Crippen LogP contribution < -0.4 is 0 Å². The zero-order chi connectivity index (χ0) is 12.7. The van der Waals surface area contributed by atoms with Crippen molar-refractivity contribution in [3.05, 3.63) is 69.2 Å². The highest BCUT2D eigenvalue weighted by atomic mass is 16.6. The molecule has 0 fully saturated rings. The molecular formula is C13H7N3O2. The Morgan fingerprint density at radius 3 is 2.33 bits per heavy atom. The van der Waals surface area contributed by atoms with E-state index in [2.05, 4.69) is 4.79 Å². The molecule has 0 saturated heterocycles. The first-order valence-electron chi connectivity index (χ1n) is 5.33. The Morgan fingerprint density at radius 1 is 1.00 bits per heavy atom. The standard InChI is InChI=1S/C13H7N3O2/c14-15-13-11-4-2-1-3-9(11)10-6-5-8(16(17)18)7-12(10)13/h1-7H. The summed E-state index contributed by atoms with van der Waals surface area (Å²) in [6.45, 7) is 0. The molecule has 3 rings (SSSR count). The summed E-state index contributed by atoms with van der Waals surface area (Å²) in [6.07, 6.45) is 0. The maximum absolute atomic E-state index is 10.8. The van der Waals surface area contributed by atoms with Crippen molar-refractivity contribution in [1.29, 1.82) is 0 Å². The number of nitro benzene ring substituents is 1. The van der Waals surface area contributed by atoms with E-state index in [-0.39, 0.29) is 5.69 Å². The van der Waals surface area contributed by atoms with Gasteiger partial charge in [0.1, 0.15) is 0 Å². The van der Waals surface area contributed by atoms with Crippen molar-refractivity contribution >= 4 is 11.4 Å². The Hall–Kier alpha value is -2.78. The van der Waals surface area contributed by atoms with Crippen molar-refractivity contribution in [2.24, 2.45) is 0 Å². The van der Waals surface area contributed by atoms with Crippen LogP contribution in [0.5, 0.6) is 0 Å². The van der Waals surface area contributed by atoms with Gasteiger partial charge in [0.25, 0.3) is 5.69 Å². The number of nitrogens with zero attached hydrogens (tertiary/aromatic N) is 3. The summed E-state index contributed by atoms with van der Waals surface area (Å²) in [7, 11) is 0. The molecule has 0 radical (unpaired) electrons. The van der Waals surface area contributed by atoms with Crippen LogP contribution in [0.25, 0.3) is 16.7 Å². The summed E-state index contributed by atoms with van der Waals surface area (Å²) >= 11 is 0. The summed E-state index contributed by atoms with van der Waals surface area (Å²) < 4.78 is 0. The lowest BCUT2D eigenvalue weighted by atomic mass is 10.1. The van der Waals surface area contributed by atoms with Crippen LogP contribution in [0.2, 0.25) is 0 Å². The highest BCUT2D eigenvalue weighted by Crippen LogP contribution is 2.37. The number of nitro groups is 1. The van der Waals surface area contributed by atoms with Crippen molar-refractivity contribution in [3.8, 4) is 11.1 Å². The van der Waals surface area contributed by atoms with Crippen LogP contribution >= 0.6 is 0 Å². The summed E-state index contributed by atoms with van der Waals surface area (Å²) in [5, 5.41) is 10.8. The third-order valence-corrected chi connectivity index (χ3v) is 3.04. The molecule has 0 aliphatic heterocycles. The van der Waals surface area contributed by atoms with Crippen molar-refractivity contribution < 1.29 is 9.71 Å². The number of non-ortho nitro benzene ring substituents is 1. The van der Waals surface area contributed by atoms with Gasteiger partial charge in [-0.2, -0.15) is 4.79 Å². The average molecular weight is 237 g/mol. The van der Waals surface area contributed by atoms with Gasteiger partial charge in [-0.1, -0.05) is 18.2 Å². The Balaban J connectivity index is 2.34. The first kappa shape index (κ1) is 10.4. The molecule has 0 heterocycles. The minimum atomic E-state index is -0.460. The van der Waals surface area contributed by atoms with Gasteiger partial charge in [-0.3, -0.25) is 10.1 Å². The van der Waals surface area contributed by atoms with Gasteiger partial charge in [-0.05, 0) is 23.3 Å². The molecule has 0 atom stereocenters. The van der Waals surface area contributed by atoms with Gasteiger partial charge in [0.05, 0.1) is 16.1 Å². The molecule has 1 aliphatic carbocycles. The molecule has 1 aliphatic rings. The van der Waals surface area contributed by atoms with Crippen LogP contribution in [0.4, 0.5) is 5.69 Å². The number of hydrogen-bond acceptors (Lipinski definition) is 2. The molecule has 0 N–H and O–H groups in total. The highest BCUT2D eigenvalue weighted by molar-refractivity contribution is 6.22. The van der Waals surface area contributed by atoms with Crippen LogP contribution in [-0.2, 0) is 0 Å². The maximum atomic E-state index is 10.8. The molecule has 0 aromatic heterocycles. The monoisotopic (exact) mass is 237 g/mol. The summed E-state index contributed by atoms with van der Waals surface area (Å²) in [5.41, 5.74) is 12.6. The van der Waals surface area contributed by atoms with E-state index in [1.54, 1.807) is 6.07 Å². The fraction of sp³-hybridized carbons (Fsp3) is 0. The van der Waals surface area contributed by atoms with Crippen molar-refractivity contribution in [2.75, 3.05) is 0 Å². The molecule has 2 aromatic rings. The quantitative estimate of drug-likeness (QED) is 0.282. The van der Waals surface area contributed by atoms with Crippen molar-refractivity contribution in [1.82, 2.24) is 0 Å². The smallest absolute Gasteiger partial charge is 0.331 e. The van der Waals surface area contributed by atoms with Gasteiger partial charge < -0.3 is 5.53 Å². The van der Waals surface area contributed by atoms with Crippen LogP contribution in [0.1, 0.15) is 11.1 Å². The van der Waals surface area contributed by atoms with Gasteiger partial charge >= 0.3 is 5.71 Å². The van der Waals surface area contributed by atoms with E-state index in [0.29, 0.717) is 11.3 Å². The van der Waals surface area contributed by atoms with E-state index in [1.807, 2.05) is 24.3 Å². The van der Waals surface area contributed by atoms with Crippen LogP contribution in [0.15, 0.2) is 42.5 Å². The number of rotatable bonds is 1. The summed E-state index contributed by atoms with van der Waals surface area (Å²) in [6, 6.07) is 12.0. The Morgan fingerprint density at radius 2 is 1.67 bits per heavy atom. The molecule has 18 heavy (non-hydrogen) atoms. The molecule has 0 saturated carbocycles. The summed E-state index contributed by atoms with van der Waals surface area (Å²) in [4.78, 5) is 13.6. The van der Waals surface area contributed by atoms with E-state index in [0.717, 1.165) is 16.7 Å². The molecular weight excluding hydrogens is 230 g/mol. The minimum absolute atomic E-state index is 0.0114. The number of fused-ring (bicyclic) bond motifs is 3. The van der Waals surface area contributed by atoms with Crippen LogP contribution in [0.3, 0.4) is 0 Å². The minimum Gasteiger partial charge on any atom is -0.361 e. The molecule has 0 amide bonds. The number of hydrogen-bond donors (Lipinski definition) is 0. The van der Waals surface area contributed by atoms with E-state index < -0.39 is 4.92 Å². The van der Waals surface area contributed by atoms with Gasteiger partial charge in [-0.15, -0.1) is 0 Å². The fourth-order valence-corrected chi connectivity index (χ4v) is 2.25. The second kappa shape index (κ2) is 3.61. The fourth-order valence-electron chi connectivity index (χ4n) is 2.25. The predicted molar refractivity (Wildman–Crippen MR) is 65.4 cm³/mol. The molecule has 5 nitrogen and oxygen atoms in total. The SMILES string of the molecule is [N-]=[N+]=C1c2ccccc2-c2ccc([N+](=O)[O-])cc21. The Labute approximate surface area is 102 Å². The normalized spacial score (nSPS) is 11.7. The third kappa shape index (κ3) is 1.28. The molecule has 0 bridgehead atoms. The van der Waals surface area contributed by atoms with E-state index >= 15 is 0 Å². The van der Waals surface area contributed by atoms with Crippen LogP contribution in [0, 0.1) is 10.1 Å². The lowest BCUT2D eigenvalue weighted by Gasteiger charge is -1.97. The average Bonchev–Trinajstić information content (AvgIpc) is 2.71. The Kier molecular flexibility index (Phi) is 2.08. The van der Waals surface area contributed by atoms with Crippen LogP contribution in [-0.4, -0.2) is 15.4 Å². The molecule has 2 aromatic carbocycles. The van der Waals surface area contributed by atoms with E-state index in [9.17, 15) is 10.1 Å². The first-order chi connectivity index (χ1) is 8.72. The Bertz CT molecular complexity index is 731. The van der Waals surface area contributed by atoms with Gasteiger partial charge in [0.2, 0.25) is 0 Å². The third-order valence-electron chi connectivity index (χ3n) is 3.04. The van der Waals surface area contributed by atoms with Crippen molar-refractivity contribution in [2.45, 2.75) is 0 Å². The maximum Gasteiger partial charge on any atom is 0.331 e. The van der Waals surface area contributed by atoms with Gasteiger partial charge in [0, 0.05) is 12.1 Å². The van der Waals surface area contributed by atoms with E-state index in [1.165, 1.54) is 12.1 Å². The second-order valence-corrected chi connectivity index (χ2v) is 3.98. The zero-order valence-corrected chi connectivity index (χ0v) is 9.20. The van der Waals surface area contributed by atoms with Gasteiger partial charge in [0.15, 0.2) is 0 Å². The highest BCUT2D eigenvalue weighted by Gasteiger charge is 2.32. The second-order valence-electron chi connectivity index (χ2n) is 3.98. The lowest BCUT2D eigenvalue weighted by Crippen LogP contribution is -1.99. The summed E-state index contributed by atoms with van der Waals surface area (Å²) in [5.74, 6) is 0. The number of benzene rings is 2. The van der Waals surface area contributed by atoms with Crippen molar-refractivity contribution in [3.63, 3.8) is 0 Å². The molecule has 0 unspecified atom stereocenters.